The van der Waals surface area contributed by atoms with Crippen molar-refractivity contribution in [3.8, 4) is 0 Å². The van der Waals surface area contributed by atoms with Crippen molar-refractivity contribution in [1.82, 2.24) is 15.1 Å². The third kappa shape index (κ3) is 5.98. The monoisotopic (exact) mass is 468 g/mol. The molecule has 9 heteroatoms. The molecule has 1 N–H and O–H groups in total. The van der Waals surface area contributed by atoms with E-state index in [9.17, 15) is 13.6 Å². The van der Waals surface area contributed by atoms with Crippen LogP contribution < -0.4 is 5.32 Å². The van der Waals surface area contributed by atoms with Gasteiger partial charge < -0.3 is 19.9 Å². The highest BCUT2D eigenvalue weighted by molar-refractivity contribution is 14.0. The number of ether oxygens (including phenoxy) is 1. The number of carbonyl (C=O) groups excluding carboxylic acids is 1. The highest BCUT2D eigenvalue weighted by Crippen LogP contribution is 2.10. The summed E-state index contributed by atoms with van der Waals surface area (Å²) in [5.41, 5.74) is 0.237. The summed E-state index contributed by atoms with van der Waals surface area (Å²) >= 11 is 0. The molecule has 0 atom stereocenters. The number of aliphatic imine (C=N–C) groups is 1. The van der Waals surface area contributed by atoms with E-state index >= 15 is 0 Å². The van der Waals surface area contributed by atoms with Gasteiger partial charge in [0.15, 0.2) is 5.96 Å². The molecule has 1 saturated heterocycles. The topological polar surface area (TPSA) is 57.2 Å². The number of piperazine rings is 1. The van der Waals surface area contributed by atoms with Gasteiger partial charge in [0.05, 0.1) is 6.61 Å². The molecule has 1 aliphatic rings. The zero-order chi connectivity index (χ0) is 17.5. The molecule has 2 rings (SSSR count). The van der Waals surface area contributed by atoms with Crippen molar-refractivity contribution in [2.75, 3.05) is 39.8 Å². The first-order valence-corrected chi connectivity index (χ1v) is 7.86. The van der Waals surface area contributed by atoms with Gasteiger partial charge in [-0.15, -0.1) is 24.0 Å². The van der Waals surface area contributed by atoms with E-state index in [1.807, 2.05) is 4.90 Å². The van der Waals surface area contributed by atoms with E-state index in [-0.39, 0.29) is 42.2 Å². The van der Waals surface area contributed by atoms with Crippen LogP contribution in [0.15, 0.2) is 23.2 Å². The van der Waals surface area contributed by atoms with Gasteiger partial charge in [0.25, 0.3) is 0 Å². The Morgan fingerprint density at radius 1 is 1.24 bits per heavy atom. The Balaban J connectivity index is 0.00000312. The molecule has 0 spiro atoms. The molecule has 140 valence electrons. The Hall–Kier alpha value is -1.65. The standard InChI is InChI=1S/C16H22F2N4O2.HI/c1-3-24-16(23)22-8-6-21(7-9-22)15(19-2)20-11-12-10-13(17)4-5-14(12)18;/h4-5,10H,3,6-9,11H2,1-2H3,(H,19,20);1H. The fraction of sp³-hybridized carbons (Fsp3) is 0.500. The van der Waals surface area contributed by atoms with Crippen molar-refractivity contribution in [2.45, 2.75) is 13.5 Å². The number of nitrogens with one attached hydrogen (secondary N) is 1. The van der Waals surface area contributed by atoms with Crippen molar-refractivity contribution >= 4 is 36.0 Å². The number of hydrogen-bond donors (Lipinski definition) is 1. The molecule has 1 aromatic carbocycles. The Labute approximate surface area is 163 Å². The van der Waals surface area contributed by atoms with Crippen molar-refractivity contribution in [1.29, 1.82) is 0 Å². The second-order valence-corrected chi connectivity index (χ2v) is 5.31. The summed E-state index contributed by atoms with van der Waals surface area (Å²) in [6.45, 7) is 4.47. The fourth-order valence-electron chi connectivity index (χ4n) is 2.50. The average Bonchev–Trinajstić information content (AvgIpc) is 2.59. The zero-order valence-corrected chi connectivity index (χ0v) is 16.6. The first-order valence-electron chi connectivity index (χ1n) is 7.86. The average molecular weight is 468 g/mol. The van der Waals surface area contributed by atoms with Gasteiger partial charge in [-0.05, 0) is 25.1 Å². The van der Waals surface area contributed by atoms with Crippen LogP contribution in [0.4, 0.5) is 13.6 Å². The van der Waals surface area contributed by atoms with Gasteiger partial charge in [0, 0.05) is 45.3 Å². The molecule has 1 fully saturated rings. The largest absolute Gasteiger partial charge is 0.450 e. The number of guanidine groups is 1. The molecule has 0 saturated carbocycles. The van der Waals surface area contributed by atoms with E-state index in [0.717, 1.165) is 18.2 Å². The first kappa shape index (κ1) is 21.4. The molecule has 0 radical (unpaired) electrons. The second kappa shape index (κ2) is 10.4. The zero-order valence-electron chi connectivity index (χ0n) is 14.3. The van der Waals surface area contributed by atoms with Gasteiger partial charge in [0.1, 0.15) is 11.6 Å². The summed E-state index contributed by atoms with van der Waals surface area (Å²) in [6, 6.07) is 3.35. The van der Waals surface area contributed by atoms with Gasteiger partial charge in [0.2, 0.25) is 0 Å². The summed E-state index contributed by atoms with van der Waals surface area (Å²) in [6.07, 6.45) is -0.318. The molecular weight excluding hydrogens is 445 g/mol. The smallest absolute Gasteiger partial charge is 0.409 e. The van der Waals surface area contributed by atoms with Crippen LogP contribution in [0, 0.1) is 11.6 Å². The van der Waals surface area contributed by atoms with E-state index in [1.165, 1.54) is 0 Å². The second-order valence-electron chi connectivity index (χ2n) is 5.31. The summed E-state index contributed by atoms with van der Waals surface area (Å²) in [7, 11) is 1.63. The van der Waals surface area contributed by atoms with Gasteiger partial charge in [-0.2, -0.15) is 0 Å². The maximum Gasteiger partial charge on any atom is 0.409 e. The van der Waals surface area contributed by atoms with Crippen LogP contribution in [0.25, 0.3) is 0 Å². The van der Waals surface area contributed by atoms with E-state index in [4.69, 9.17) is 4.74 Å². The maximum absolute atomic E-state index is 13.7. The number of halogens is 3. The molecule has 1 amide bonds. The van der Waals surface area contributed by atoms with Crippen LogP contribution in [0.5, 0.6) is 0 Å². The predicted octanol–water partition coefficient (Wildman–Crippen LogP) is 2.43. The molecular formula is C16H23F2IN4O2. The molecule has 1 aliphatic heterocycles. The summed E-state index contributed by atoms with van der Waals surface area (Å²) < 4.78 is 31.8. The van der Waals surface area contributed by atoms with Gasteiger partial charge in [-0.1, -0.05) is 0 Å². The Morgan fingerprint density at radius 2 is 1.88 bits per heavy atom. The lowest BCUT2D eigenvalue weighted by Crippen LogP contribution is -2.53. The normalized spacial score (nSPS) is 14.8. The van der Waals surface area contributed by atoms with Crippen LogP contribution in [0.3, 0.4) is 0 Å². The Morgan fingerprint density at radius 3 is 2.48 bits per heavy atom. The maximum atomic E-state index is 13.7. The van der Waals surface area contributed by atoms with E-state index in [2.05, 4.69) is 10.3 Å². The summed E-state index contributed by atoms with van der Waals surface area (Å²) in [4.78, 5) is 19.5. The minimum atomic E-state index is -0.480. The van der Waals surface area contributed by atoms with Gasteiger partial charge >= 0.3 is 6.09 Å². The van der Waals surface area contributed by atoms with Crippen LogP contribution in [0.1, 0.15) is 12.5 Å². The molecule has 6 nitrogen and oxygen atoms in total. The van der Waals surface area contributed by atoms with E-state index in [0.29, 0.717) is 38.7 Å². The molecule has 1 aromatic rings. The SMILES string of the molecule is CCOC(=O)N1CCN(C(=NC)NCc2cc(F)ccc2F)CC1.I. The first-order chi connectivity index (χ1) is 11.5. The number of amides is 1. The third-order valence-electron chi connectivity index (χ3n) is 3.76. The predicted molar refractivity (Wildman–Crippen MR) is 102 cm³/mol. The lowest BCUT2D eigenvalue weighted by molar-refractivity contribution is 0.0914. The minimum Gasteiger partial charge on any atom is -0.450 e. The highest BCUT2D eigenvalue weighted by atomic mass is 127. The van der Waals surface area contributed by atoms with Crippen LogP contribution >= 0.6 is 24.0 Å². The lowest BCUT2D eigenvalue weighted by atomic mass is 10.2. The Kier molecular flexibility index (Phi) is 8.87. The van der Waals surface area contributed by atoms with Crippen molar-refractivity contribution in [2.24, 2.45) is 4.99 Å². The molecule has 0 aromatic heterocycles. The van der Waals surface area contributed by atoms with Crippen molar-refractivity contribution in [3.05, 3.63) is 35.4 Å². The molecule has 1 heterocycles. The number of rotatable bonds is 3. The molecule has 0 unspecified atom stereocenters. The van der Waals surface area contributed by atoms with Gasteiger partial charge in [-0.3, -0.25) is 4.99 Å². The third-order valence-corrected chi connectivity index (χ3v) is 3.76. The van der Waals surface area contributed by atoms with E-state index < -0.39 is 11.6 Å². The van der Waals surface area contributed by atoms with Crippen LogP contribution in [0.2, 0.25) is 0 Å². The number of benzene rings is 1. The minimum absolute atomic E-state index is 0. The molecule has 0 aliphatic carbocycles. The summed E-state index contributed by atoms with van der Waals surface area (Å²) in [5.74, 6) is -0.361. The molecule has 0 bridgehead atoms. The molecule has 25 heavy (non-hydrogen) atoms. The highest BCUT2D eigenvalue weighted by Gasteiger charge is 2.23. The number of hydrogen-bond acceptors (Lipinski definition) is 3. The Bertz CT molecular complexity index is 608. The lowest BCUT2D eigenvalue weighted by Gasteiger charge is -2.35. The van der Waals surface area contributed by atoms with Crippen LogP contribution in [-0.2, 0) is 11.3 Å². The number of carbonyl (C=O) groups is 1. The van der Waals surface area contributed by atoms with Crippen molar-refractivity contribution in [3.63, 3.8) is 0 Å². The van der Waals surface area contributed by atoms with Gasteiger partial charge in [-0.25, -0.2) is 13.6 Å². The van der Waals surface area contributed by atoms with E-state index in [1.54, 1.807) is 18.9 Å². The number of nitrogens with zero attached hydrogens (tertiary/aromatic N) is 3. The summed E-state index contributed by atoms with van der Waals surface area (Å²) in [5, 5.41) is 3.03. The van der Waals surface area contributed by atoms with Crippen LogP contribution in [-0.4, -0.2) is 61.7 Å². The fourth-order valence-corrected chi connectivity index (χ4v) is 2.50. The van der Waals surface area contributed by atoms with Crippen molar-refractivity contribution < 1.29 is 18.3 Å². The quantitative estimate of drug-likeness (QED) is 0.421.